The van der Waals surface area contributed by atoms with Crippen molar-refractivity contribution in [1.29, 1.82) is 0 Å². The number of hydrogen-bond donors (Lipinski definition) is 0. The summed E-state index contributed by atoms with van der Waals surface area (Å²) in [7, 11) is 0. The summed E-state index contributed by atoms with van der Waals surface area (Å²) >= 11 is 0. The zero-order valence-electron chi connectivity index (χ0n) is 9.23. The molecule has 0 N–H and O–H groups in total. The lowest BCUT2D eigenvalue weighted by Gasteiger charge is -1.96. The molecule has 3 rings (SSSR count). The Kier molecular flexibility index (Phi) is 2.53. The Labute approximate surface area is 102 Å². The molecule has 3 heterocycles. The lowest BCUT2D eigenvalue weighted by molar-refractivity contribution is 0.584. The van der Waals surface area contributed by atoms with Crippen molar-refractivity contribution in [2.75, 3.05) is 0 Å². The molecule has 0 spiro atoms. The van der Waals surface area contributed by atoms with Crippen molar-refractivity contribution in [3.63, 3.8) is 0 Å². The van der Waals surface area contributed by atoms with Crippen molar-refractivity contribution in [2.24, 2.45) is 0 Å². The van der Waals surface area contributed by atoms with Crippen molar-refractivity contribution in [2.45, 2.75) is 0 Å². The van der Waals surface area contributed by atoms with Crippen molar-refractivity contribution in [1.82, 2.24) is 25.0 Å². The van der Waals surface area contributed by atoms with E-state index in [-0.39, 0.29) is 0 Å². The molecule has 0 saturated carbocycles. The Balaban J connectivity index is 1.97. The first-order valence-corrected chi connectivity index (χ1v) is 5.27. The Morgan fingerprint density at radius 1 is 1.11 bits per heavy atom. The normalized spacial score (nSPS) is 10.5. The van der Waals surface area contributed by atoms with E-state index < -0.39 is 5.95 Å². The molecule has 0 bridgehead atoms. The first-order chi connectivity index (χ1) is 8.83. The van der Waals surface area contributed by atoms with Crippen molar-refractivity contribution < 1.29 is 4.39 Å². The standard InChI is InChI=1S/C12H8FN5/c13-12-4-3-9(6-15-12)11-8-18(17-16-11)10-2-1-5-14-7-10/h1-8H. The van der Waals surface area contributed by atoms with Crippen LogP contribution < -0.4 is 0 Å². The molecule has 0 aliphatic carbocycles. The topological polar surface area (TPSA) is 56.5 Å². The zero-order valence-corrected chi connectivity index (χ0v) is 9.23. The van der Waals surface area contributed by atoms with E-state index in [0.29, 0.717) is 11.3 Å². The molecule has 5 nitrogen and oxygen atoms in total. The number of halogens is 1. The van der Waals surface area contributed by atoms with E-state index in [9.17, 15) is 4.39 Å². The Bertz CT molecular complexity index is 648. The molecule has 0 saturated heterocycles. The highest BCUT2D eigenvalue weighted by Crippen LogP contribution is 2.16. The summed E-state index contributed by atoms with van der Waals surface area (Å²) in [5.41, 5.74) is 2.16. The van der Waals surface area contributed by atoms with Crippen LogP contribution >= 0.6 is 0 Å². The number of hydrogen-bond acceptors (Lipinski definition) is 4. The van der Waals surface area contributed by atoms with Crippen molar-refractivity contribution in [3.8, 4) is 16.9 Å². The SMILES string of the molecule is Fc1ccc(-c2cn(-c3cccnc3)nn2)cn1. The molecule has 0 fully saturated rings. The largest absolute Gasteiger partial charge is 0.262 e. The van der Waals surface area contributed by atoms with Crippen LogP contribution in [0.1, 0.15) is 0 Å². The molecule has 18 heavy (non-hydrogen) atoms. The van der Waals surface area contributed by atoms with E-state index >= 15 is 0 Å². The molecule has 0 aromatic carbocycles. The maximum atomic E-state index is 12.7. The maximum Gasteiger partial charge on any atom is 0.212 e. The predicted molar refractivity (Wildman–Crippen MR) is 62.3 cm³/mol. The van der Waals surface area contributed by atoms with Gasteiger partial charge in [-0.3, -0.25) is 4.98 Å². The van der Waals surface area contributed by atoms with Gasteiger partial charge in [-0.15, -0.1) is 5.10 Å². The molecule has 0 aliphatic rings. The zero-order chi connectivity index (χ0) is 12.4. The molecule has 0 radical (unpaired) electrons. The van der Waals surface area contributed by atoms with Gasteiger partial charge in [0.15, 0.2) is 0 Å². The van der Waals surface area contributed by atoms with Crippen LogP contribution in [0, 0.1) is 5.95 Å². The second-order valence-corrected chi connectivity index (χ2v) is 3.63. The number of aromatic nitrogens is 5. The molecule has 0 aliphatic heterocycles. The van der Waals surface area contributed by atoms with Crippen molar-refractivity contribution in [3.05, 3.63) is 55.0 Å². The van der Waals surface area contributed by atoms with Gasteiger partial charge in [0.1, 0.15) is 5.69 Å². The summed E-state index contributed by atoms with van der Waals surface area (Å²) in [6.07, 6.45) is 6.53. The second-order valence-electron chi connectivity index (χ2n) is 3.63. The van der Waals surface area contributed by atoms with E-state index in [1.807, 2.05) is 12.1 Å². The van der Waals surface area contributed by atoms with E-state index in [2.05, 4.69) is 20.3 Å². The van der Waals surface area contributed by atoms with Gasteiger partial charge in [0.2, 0.25) is 5.95 Å². The lowest BCUT2D eigenvalue weighted by Crippen LogP contribution is -1.94. The summed E-state index contributed by atoms with van der Waals surface area (Å²) < 4.78 is 14.3. The fraction of sp³-hybridized carbons (Fsp3) is 0. The second kappa shape index (κ2) is 4.33. The van der Waals surface area contributed by atoms with Crippen molar-refractivity contribution >= 4 is 0 Å². The molecular formula is C12H8FN5. The van der Waals surface area contributed by atoms with Crippen LogP contribution in [0.4, 0.5) is 4.39 Å². The monoisotopic (exact) mass is 241 g/mol. The van der Waals surface area contributed by atoms with E-state index in [0.717, 1.165) is 5.69 Å². The highest BCUT2D eigenvalue weighted by atomic mass is 19.1. The average Bonchev–Trinajstić information content (AvgIpc) is 2.90. The third-order valence-electron chi connectivity index (χ3n) is 2.43. The van der Waals surface area contributed by atoms with E-state index in [1.165, 1.54) is 12.3 Å². The number of rotatable bonds is 2. The van der Waals surface area contributed by atoms with Gasteiger partial charge in [0, 0.05) is 18.0 Å². The third kappa shape index (κ3) is 1.95. The van der Waals surface area contributed by atoms with E-state index in [1.54, 1.807) is 29.3 Å². The van der Waals surface area contributed by atoms with Gasteiger partial charge >= 0.3 is 0 Å². The van der Waals surface area contributed by atoms with Crippen LogP contribution in [0.2, 0.25) is 0 Å². The summed E-state index contributed by atoms with van der Waals surface area (Å²) in [6, 6.07) is 6.59. The molecule has 88 valence electrons. The average molecular weight is 241 g/mol. The van der Waals surface area contributed by atoms with Gasteiger partial charge in [-0.1, -0.05) is 5.21 Å². The summed E-state index contributed by atoms with van der Waals surface area (Å²) in [4.78, 5) is 7.59. The van der Waals surface area contributed by atoms with Crippen LogP contribution in [0.15, 0.2) is 49.1 Å². The van der Waals surface area contributed by atoms with Crippen LogP contribution in [0.5, 0.6) is 0 Å². The summed E-state index contributed by atoms with van der Waals surface area (Å²) in [5, 5.41) is 8.01. The predicted octanol–water partition coefficient (Wildman–Crippen LogP) is 1.86. The lowest BCUT2D eigenvalue weighted by atomic mass is 10.2. The minimum atomic E-state index is -0.515. The molecule has 6 heteroatoms. The van der Waals surface area contributed by atoms with Gasteiger partial charge in [0.25, 0.3) is 0 Å². The van der Waals surface area contributed by atoms with Gasteiger partial charge in [-0.05, 0) is 24.3 Å². The van der Waals surface area contributed by atoms with E-state index in [4.69, 9.17) is 0 Å². The van der Waals surface area contributed by atoms with Gasteiger partial charge in [-0.2, -0.15) is 4.39 Å². The van der Waals surface area contributed by atoms with Gasteiger partial charge in [-0.25, -0.2) is 9.67 Å². The Morgan fingerprint density at radius 2 is 2.06 bits per heavy atom. The molecule has 0 amide bonds. The minimum Gasteiger partial charge on any atom is -0.262 e. The first kappa shape index (κ1) is 10.5. The molecule has 0 atom stereocenters. The molecular weight excluding hydrogens is 233 g/mol. The van der Waals surface area contributed by atoms with Crippen LogP contribution in [-0.4, -0.2) is 25.0 Å². The summed E-state index contributed by atoms with van der Waals surface area (Å²) in [6.45, 7) is 0. The third-order valence-corrected chi connectivity index (χ3v) is 2.43. The summed E-state index contributed by atoms with van der Waals surface area (Å²) in [5.74, 6) is -0.515. The maximum absolute atomic E-state index is 12.7. The Hall–Kier alpha value is -2.63. The Morgan fingerprint density at radius 3 is 2.78 bits per heavy atom. The first-order valence-electron chi connectivity index (χ1n) is 5.27. The van der Waals surface area contributed by atoms with Gasteiger partial charge in [0.05, 0.1) is 18.1 Å². The minimum absolute atomic E-state index is 0.515. The quantitative estimate of drug-likeness (QED) is 0.642. The highest BCUT2D eigenvalue weighted by molar-refractivity contribution is 5.56. The van der Waals surface area contributed by atoms with Crippen LogP contribution in [0.3, 0.4) is 0 Å². The molecule has 0 unspecified atom stereocenters. The number of pyridine rings is 2. The fourth-order valence-corrected chi connectivity index (χ4v) is 1.54. The highest BCUT2D eigenvalue weighted by Gasteiger charge is 2.05. The van der Waals surface area contributed by atoms with Gasteiger partial charge < -0.3 is 0 Å². The number of nitrogens with zero attached hydrogens (tertiary/aromatic N) is 5. The fourth-order valence-electron chi connectivity index (χ4n) is 1.54. The molecule has 3 aromatic heterocycles. The molecule has 3 aromatic rings. The smallest absolute Gasteiger partial charge is 0.212 e. The van der Waals surface area contributed by atoms with Crippen LogP contribution in [0.25, 0.3) is 16.9 Å². The van der Waals surface area contributed by atoms with Crippen LogP contribution in [-0.2, 0) is 0 Å².